The van der Waals surface area contributed by atoms with E-state index in [-0.39, 0.29) is 53.2 Å². The zero-order valence-electron chi connectivity index (χ0n) is 22.8. The van der Waals surface area contributed by atoms with Crippen molar-refractivity contribution in [1.82, 2.24) is 0 Å². The topological polar surface area (TPSA) is 191 Å². The van der Waals surface area contributed by atoms with Crippen LogP contribution in [0.15, 0.2) is 121 Å². The molecule has 0 atom stereocenters. The predicted octanol–water partition coefficient (Wildman–Crippen LogP) is 6.36. The predicted molar refractivity (Wildman–Crippen MR) is 164 cm³/mol. The maximum atomic E-state index is 12.0. The molecule has 5 aromatic rings. The first-order valence-electron chi connectivity index (χ1n) is 12.6. The summed E-state index contributed by atoms with van der Waals surface area (Å²) in [5, 5.41) is 52.9. The van der Waals surface area contributed by atoms with Crippen LogP contribution in [0.25, 0.3) is 0 Å². The number of hydrogen-bond acceptors (Lipinski definition) is 10. The largest absolute Gasteiger partial charge is 0.508 e. The molecular weight excluding hydrogens is 584 g/mol. The van der Waals surface area contributed by atoms with E-state index in [1.165, 1.54) is 121 Å². The van der Waals surface area contributed by atoms with Crippen molar-refractivity contribution in [1.29, 1.82) is 0 Å². The highest BCUT2D eigenvalue weighted by molar-refractivity contribution is 5.92. The van der Waals surface area contributed by atoms with E-state index in [1.807, 2.05) is 0 Å². The molecule has 45 heavy (non-hydrogen) atoms. The maximum Gasteiger partial charge on any atom is 0.343 e. The van der Waals surface area contributed by atoms with Gasteiger partial charge in [0.15, 0.2) is 0 Å². The first-order valence-corrected chi connectivity index (χ1v) is 12.6. The van der Waals surface area contributed by atoms with Crippen molar-refractivity contribution in [2.45, 2.75) is 7.43 Å². The molecule has 11 nitrogen and oxygen atoms in total. The minimum Gasteiger partial charge on any atom is -0.508 e. The number of aromatic hydroxyl groups is 5. The molecule has 6 N–H and O–H groups in total. The van der Waals surface area contributed by atoms with Crippen molar-refractivity contribution in [2.75, 3.05) is 0 Å². The molecule has 0 aliphatic carbocycles. The molecule has 0 saturated heterocycles. The molecule has 0 aliphatic rings. The van der Waals surface area contributed by atoms with Crippen molar-refractivity contribution < 1.29 is 54.5 Å². The van der Waals surface area contributed by atoms with Crippen LogP contribution < -0.4 is 9.47 Å². The highest BCUT2D eigenvalue weighted by atomic mass is 16.5. The number of phenolic OH excluding ortho intramolecular Hbond substituents is 5. The summed E-state index contributed by atoms with van der Waals surface area (Å²) in [4.78, 5) is 34.2. The fourth-order valence-corrected chi connectivity index (χ4v) is 3.16. The van der Waals surface area contributed by atoms with Crippen LogP contribution in [0.4, 0.5) is 0 Å². The molecule has 0 radical (unpaired) electrons. The van der Waals surface area contributed by atoms with Crippen molar-refractivity contribution in [3.8, 4) is 40.2 Å². The Labute approximate surface area is 258 Å². The molecule has 0 spiro atoms. The van der Waals surface area contributed by atoms with E-state index in [2.05, 4.69) is 0 Å². The molecule has 11 heteroatoms. The summed E-state index contributed by atoms with van der Waals surface area (Å²) in [5.74, 6) is -1.03. The van der Waals surface area contributed by atoms with Gasteiger partial charge in [-0.15, -0.1) is 0 Å². The van der Waals surface area contributed by atoms with Gasteiger partial charge in [0, 0.05) is 0 Å². The normalized spacial score (nSPS) is 9.51. The molecule has 0 fully saturated rings. The Morgan fingerprint density at radius 2 is 0.600 bits per heavy atom. The Morgan fingerprint density at radius 3 is 0.844 bits per heavy atom. The van der Waals surface area contributed by atoms with E-state index < -0.39 is 17.9 Å². The van der Waals surface area contributed by atoms with Gasteiger partial charge in [0.1, 0.15) is 40.2 Å². The molecule has 232 valence electrons. The van der Waals surface area contributed by atoms with Gasteiger partial charge in [-0.3, -0.25) is 0 Å². The van der Waals surface area contributed by atoms with Crippen LogP contribution in [0.3, 0.4) is 0 Å². The first-order chi connectivity index (χ1) is 21.0. The van der Waals surface area contributed by atoms with Gasteiger partial charge in [0.05, 0.1) is 16.7 Å². The molecular formula is C34H30O11. The fourth-order valence-electron chi connectivity index (χ4n) is 3.16. The molecule has 0 saturated carbocycles. The van der Waals surface area contributed by atoms with Crippen molar-refractivity contribution in [3.05, 3.63) is 138 Å². The number of esters is 2. The van der Waals surface area contributed by atoms with Crippen LogP contribution >= 0.6 is 0 Å². The lowest BCUT2D eigenvalue weighted by molar-refractivity contribution is 0.0693. The SMILES string of the molecule is C.O=C(O)c1ccc(O)cc1.O=C(Oc1ccc(OC(=O)c2ccc(O)cc2)cc1)c1ccc(O)cc1.Oc1ccc(O)cc1. The van der Waals surface area contributed by atoms with Gasteiger partial charge in [0.25, 0.3) is 0 Å². The highest BCUT2D eigenvalue weighted by Gasteiger charge is 2.11. The van der Waals surface area contributed by atoms with Crippen molar-refractivity contribution in [2.24, 2.45) is 0 Å². The third-order valence-electron chi connectivity index (χ3n) is 5.41. The number of rotatable bonds is 5. The minimum absolute atomic E-state index is 0. The number of carboxylic acid groups (broad SMARTS) is 1. The third kappa shape index (κ3) is 11.7. The minimum atomic E-state index is -0.986. The Morgan fingerprint density at radius 1 is 0.378 bits per heavy atom. The van der Waals surface area contributed by atoms with Gasteiger partial charge in [-0.1, -0.05) is 7.43 Å². The molecule has 0 aromatic heterocycles. The average Bonchev–Trinajstić information content (AvgIpc) is 3.01. The van der Waals surface area contributed by atoms with E-state index in [0.29, 0.717) is 11.1 Å². The molecule has 0 amide bonds. The number of ether oxygens (including phenoxy) is 2. The molecule has 0 aliphatic heterocycles. The number of phenols is 5. The molecule has 0 unspecified atom stereocenters. The van der Waals surface area contributed by atoms with Gasteiger partial charge < -0.3 is 40.1 Å². The van der Waals surface area contributed by atoms with Gasteiger partial charge in [-0.2, -0.15) is 0 Å². The summed E-state index contributed by atoms with van der Waals surface area (Å²) in [5.41, 5.74) is 0.772. The summed E-state index contributed by atoms with van der Waals surface area (Å²) < 4.78 is 10.4. The van der Waals surface area contributed by atoms with E-state index in [0.717, 1.165) is 0 Å². The van der Waals surface area contributed by atoms with Crippen molar-refractivity contribution >= 4 is 17.9 Å². The molecule has 0 heterocycles. The van der Waals surface area contributed by atoms with E-state index >= 15 is 0 Å². The second-order valence-electron chi connectivity index (χ2n) is 8.71. The van der Waals surface area contributed by atoms with Gasteiger partial charge >= 0.3 is 17.9 Å². The van der Waals surface area contributed by atoms with Crippen LogP contribution in [0.1, 0.15) is 38.5 Å². The second-order valence-corrected chi connectivity index (χ2v) is 8.71. The maximum absolute atomic E-state index is 12.0. The Kier molecular flexibility index (Phi) is 13.0. The zero-order valence-corrected chi connectivity index (χ0v) is 22.8. The van der Waals surface area contributed by atoms with Crippen LogP contribution in [0.5, 0.6) is 40.2 Å². The van der Waals surface area contributed by atoms with Crippen molar-refractivity contribution in [3.63, 3.8) is 0 Å². The third-order valence-corrected chi connectivity index (χ3v) is 5.41. The lowest BCUT2D eigenvalue weighted by atomic mass is 10.2. The number of carbonyl (C=O) groups is 3. The Hall–Kier alpha value is -6.49. The van der Waals surface area contributed by atoms with Gasteiger partial charge in [-0.25, -0.2) is 14.4 Å². The average molecular weight is 615 g/mol. The number of aromatic carboxylic acids is 1. The lowest BCUT2D eigenvalue weighted by Gasteiger charge is -2.07. The Balaban J connectivity index is 0.000000303. The Bertz CT molecular complexity index is 1560. The second kappa shape index (κ2) is 16.8. The molecule has 0 bridgehead atoms. The number of carbonyl (C=O) groups excluding carboxylic acids is 2. The highest BCUT2D eigenvalue weighted by Crippen LogP contribution is 2.21. The van der Waals surface area contributed by atoms with Gasteiger partial charge in [-0.05, 0) is 121 Å². The summed E-state index contributed by atoms with van der Waals surface area (Å²) >= 11 is 0. The number of hydrogen-bond donors (Lipinski definition) is 6. The summed E-state index contributed by atoms with van der Waals surface area (Å²) in [7, 11) is 0. The van der Waals surface area contributed by atoms with Crippen LogP contribution in [-0.4, -0.2) is 48.5 Å². The van der Waals surface area contributed by atoms with E-state index in [4.69, 9.17) is 29.9 Å². The monoisotopic (exact) mass is 614 g/mol. The summed E-state index contributed by atoms with van der Waals surface area (Å²) in [6, 6.07) is 28.4. The number of carboxylic acids is 1. The van der Waals surface area contributed by atoms with E-state index in [1.54, 1.807) is 0 Å². The van der Waals surface area contributed by atoms with Crippen LogP contribution in [-0.2, 0) is 0 Å². The molecule has 5 aromatic carbocycles. The fraction of sp³-hybridized carbons (Fsp3) is 0.0294. The summed E-state index contributed by atoms with van der Waals surface area (Å²) in [6.45, 7) is 0. The standard InChI is InChI=1S/C20H14O6.C7H6O3.C6H6O2.CH4/c21-15-5-1-13(2-6-15)19(23)25-17-9-11-18(12-10-17)26-20(24)14-3-7-16(22)8-4-14;8-6-3-1-5(2-4-6)7(9)10;7-5-1-2-6(8)4-3-5;/h1-12,21-22H;1-4,8H,(H,9,10);1-4,7-8H;1H4. The lowest BCUT2D eigenvalue weighted by Crippen LogP contribution is -2.09. The first kappa shape index (κ1) is 34.7. The summed E-state index contributed by atoms with van der Waals surface area (Å²) in [6.07, 6.45) is 0. The zero-order chi connectivity index (χ0) is 32.1. The van der Waals surface area contributed by atoms with E-state index in [9.17, 15) is 24.6 Å². The van der Waals surface area contributed by atoms with Crippen LogP contribution in [0, 0.1) is 0 Å². The van der Waals surface area contributed by atoms with Gasteiger partial charge in [0.2, 0.25) is 0 Å². The quantitative estimate of drug-likeness (QED) is 0.0733. The smallest absolute Gasteiger partial charge is 0.343 e. The van der Waals surface area contributed by atoms with Crippen LogP contribution in [0.2, 0.25) is 0 Å². The molecule has 5 rings (SSSR count). The number of benzene rings is 5.